The van der Waals surface area contributed by atoms with Gasteiger partial charge < -0.3 is 9.84 Å². The molecule has 2 rings (SSSR count). The molecular weight excluding hydrogens is 190 g/mol. The molecule has 0 aliphatic heterocycles. The molecule has 1 fully saturated rings. The van der Waals surface area contributed by atoms with Gasteiger partial charge in [0.05, 0.1) is 0 Å². The van der Waals surface area contributed by atoms with E-state index in [9.17, 15) is 0 Å². The number of hydrogen-bond acceptors (Lipinski definition) is 4. The van der Waals surface area contributed by atoms with E-state index in [1.54, 1.807) is 0 Å². The second-order valence-corrected chi connectivity index (χ2v) is 4.81. The first-order valence-electron chi connectivity index (χ1n) is 5.63. The highest BCUT2D eigenvalue weighted by Gasteiger charge is 2.41. The largest absolute Gasteiger partial charge is 0.340 e. The van der Waals surface area contributed by atoms with E-state index in [1.807, 2.05) is 6.92 Å². The van der Waals surface area contributed by atoms with Gasteiger partial charge in [-0.25, -0.2) is 0 Å². The summed E-state index contributed by atoms with van der Waals surface area (Å²) in [5.74, 6) is 1.44. The SMILES string of the molecule is Cc1nc(CCNC(C)C2(C)CC2)no1. The first-order valence-corrected chi connectivity index (χ1v) is 5.63. The van der Waals surface area contributed by atoms with Crippen LogP contribution < -0.4 is 5.32 Å². The molecule has 1 aromatic heterocycles. The van der Waals surface area contributed by atoms with Crippen LogP contribution in [-0.2, 0) is 6.42 Å². The summed E-state index contributed by atoms with van der Waals surface area (Å²) in [7, 11) is 0. The van der Waals surface area contributed by atoms with Crippen LogP contribution in [0.4, 0.5) is 0 Å². The third kappa shape index (κ3) is 2.56. The summed E-state index contributed by atoms with van der Waals surface area (Å²) in [4.78, 5) is 4.17. The topological polar surface area (TPSA) is 51.0 Å². The second kappa shape index (κ2) is 3.93. The molecule has 84 valence electrons. The van der Waals surface area contributed by atoms with Gasteiger partial charge in [0, 0.05) is 25.9 Å². The smallest absolute Gasteiger partial charge is 0.223 e. The number of nitrogens with one attached hydrogen (secondary N) is 1. The van der Waals surface area contributed by atoms with Crippen LogP contribution in [0.25, 0.3) is 0 Å². The van der Waals surface area contributed by atoms with Crippen molar-refractivity contribution in [3.8, 4) is 0 Å². The quantitative estimate of drug-likeness (QED) is 0.802. The van der Waals surface area contributed by atoms with Gasteiger partial charge in [-0.1, -0.05) is 12.1 Å². The minimum Gasteiger partial charge on any atom is -0.340 e. The minimum absolute atomic E-state index is 0.535. The van der Waals surface area contributed by atoms with E-state index in [4.69, 9.17) is 4.52 Å². The minimum atomic E-state index is 0.535. The lowest BCUT2D eigenvalue weighted by Crippen LogP contribution is -2.34. The summed E-state index contributed by atoms with van der Waals surface area (Å²) in [5.41, 5.74) is 0.535. The summed E-state index contributed by atoms with van der Waals surface area (Å²) in [6.07, 6.45) is 3.54. The van der Waals surface area contributed by atoms with E-state index < -0.39 is 0 Å². The Labute approximate surface area is 90.4 Å². The second-order valence-electron chi connectivity index (χ2n) is 4.81. The highest BCUT2D eigenvalue weighted by molar-refractivity contribution is 4.97. The predicted octanol–water partition coefficient (Wildman–Crippen LogP) is 1.70. The summed E-state index contributed by atoms with van der Waals surface area (Å²) >= 11 is 0. The molecule has 1 aliphatic carbocycles. The van der Waals surface area contributed by atoms with Crippen LogP contribution in [0.1, 0.15) is 38.4 Å². The summed E-state index contributed by atoms with van der Waals surface area (Å²) in [5, 5.41) is 7.39. The van der Waals surface area contributed by atoms with E-state index in [0.29, 0.717) is 17.3 Å². The average Bonchev–Trinajstić information content (AvgIpc) is 2.81. The van der Waals surface area contributed by atoms with Crippen molar-refractivity contribution in [1.29, 1.82) is 0 Å². The lowest BCUT2D eigenvalue weighted by molar-refractivity contribution is 0.373. The standard InChI is InChI=1S/C11H19N3O/c1-8(11(3)5-6-11)12-7-4-10-13-9(2)15-14-10/h8,12H,4-7H2,1-3H3. The predicted molar refractivity (Wildman–Crippen MR) is 57.5 cm³/mol. The highest BCUT2D eigenvalue weighted by Crippen LogP contribution is 2.47. The van der Waals surface area contributed by atoms with Gasteiger partial charge in [0.25, 0.3) is 0 Å². The molecular formula is C11H19N3O. The third-order valence-electron chi connectivity index (χ3n) is 3.45. The normalized spacial score (nSPS) is 20.2. The van der Waals surface area contributed by atoms with Crippen molar-refractivity contribution in [1.82, 2.24) is 15.5 Å². The van der Waals surface area contributed by atoms with Crippen molar-refractivity contribution < 1.29 is 4.52 Å². The first kappa shape index (κ1) is 10.6. The van der Waals surface area contributed by atoms with E-state index in [1.165, 1.54) is 12.8 Å². The van der Waals surface area contributed by atoms with E-state index in [-0.39, 0.29) is 0 Å². The molecule has 1 unspecified atom stereocenters. The van der Waals surface area contributed by atoms with Gasteiger partial charge in [0.15, 0.2) is 5.82 Å². The fourth-order valence-electron chi connectivity index (χ4n) is 1.72. The van der Waals surface area contributed by atoms with Gasteiger partial charge >= 0.3 is 0 Å². The number of aryl methyl sites for hydroxylation is 1. The zero-order chi connectivity index (χ0) is 10.9. The molecule has 1 aromatic rings. The maximum atomic E-state index is 4.91. The zero-order valence-corrected chi connectivity index (χ0v) is 9.71. The van der Waals surface area contributed by atoms with Crippen molar-refractivity contribution >= 4 is 0 Å². The Morgan fingerprint density at radius 2 is 2.27 bits per heavy atom. The van der Waals surface area contributed by atoms with Gasteiger partial charge in [-0.15, -0.1) is 0 Å². The van der Waals surface area contributed by atoms with Crippen molar-refractivity contribution in [2.75, 3.05) is 6.54 Å². The lowest BCUT2D eigenvalue weighted by Gasteiger charge is -2.19. The Hall–Kier alpha value is -0.900. The summed E-state index contributed by atoms with van der Waals surface area (Å²) < 4.78 is 4.91. The van der Waals surface area contributed by atoms with Crippen molar-refractivity contribution in [2.45, 2.75) is 46.1 Å². The summed E-state index contributed by atoms with van der Waals surface area (Å²) in [6, 6.07) is 0.588. The van der Waals surface area contributed by atoms with Gasteiger partial charge in [-0.05, 0) is 25.2 Å². The molecule has 15 heavy (non-hydrogen) atoms. The van der Waals surface area contributed by atoms with Crippen molar-refractivity contribution in [2.24, 2.45) is 5.41 Å². The Morgan fingerprint density at radius 1 is 1.53 bits per heavy atom. The van der Waals surface area contributed by atoms with Gasteiger partial charge in [-0.3, -0.25) is 0 Å². The number of hydrogen-bond donors (Lipinski definition) is 1. The highest BCUT2D eigenvalue weighted by atomic mass is 16.5. The fraction of sp³-hybridized carbons (Fsp3) is 0.818. The van der Waals surface area contributed by atoms with E-state index >= 15 is 0 Å². The average molecular weight is 209 g/mol. The summed E-state index contributed by atoms with van der Waals surface area (Å²) in [6.45, 7) is 7.34. The van der Waals surface area contributed by atoms with Crippen LogP contribution in [-0.4, -0.2) is 22.7 Å². The molecule has 0 saturated heterocycles. The van der Waals surface area contributed by atoms with Crippen LogP contribution in [0.3, 0.4) is 0 Å². The molecule has 1 N–H and O–H groups in total. The first-order chi connectivity index (χ1) is 7.10. The van der Waals surface area contributed by atoms with Crippen LogP contribution in [0.15, 0.2) is 4.52 Å². The molecule has 0 spiro atoms. The zero-order valence-electron chi connectivity index (χ0n) is 9.71. The third-order valence-corrected chi connectivity index (χ3v) is 3.45. The van der Waals surface area contributed by atoms with Crippen LogP contribution >= 0.6 is 0 Å². The molecule has 4 heteroatoms. The maximum Gasteiger partial charge on any atom is 0.223 e. The van der Waals surface area contributed by atoms with Gasteiger partial charge in [0.1, 0.15) is 0 Å². The maximum absolute atomic E-state index is 4.91. The molecule has 1 saturated carbocycles. The number of rotatable bonds is 5. The monoisotopic (exact) mass is 209 g/mol. The van der Waals surface area contributed by atoms with E-state index in [0.717, 1.165) is 18.8 Å². The van der Waals surface area contributed by atoms with Gasteiger partial charge in [0.2, 0.25) is 5.89 Å². The van der Waals surface area contributed by atoms with Crippen LogP contribution in [0, 0.1) is 12.3 Å². The number of aromatic nitrogens is 2. The van der Waals surface area contributed by atoms with Crippen molar-refractivity contribution in [3.05, 3.63) is 11.7 Å². The Morgan fingerprint density at radius 3 is 2.80 bits per heavy atom. The molecule has 0 amide bonds. The molecule has 0 radical (unpaired) electrons. The van der Waals surface area contributed by atoms with Crippen LogP contribution in [0.2, 0.25) is 0 Å². The molecule has 0 aromatic carbocycles. The van der Waals surface area contributed by atoms with Gasteiger partial charge in [-0.2, -0.15) is 4.98 Å². The Bertz CT molecular complexity index is 330. The van der Waals surface area contributed by atoms with Crippen LogP contribution in [0.5, 0.6) is 0 Å². The Balaban J connectivity index is 1.71. The lowest BCUT2D eigenvalue weighted by atomic mass is 10.0. The molecule has 0 bridgehead atoms. The number of nitrogens with zero attached hydrogens (tertiary/aromatic N) is 2. The fourth-order valence-corrected chi connectivity index (χ4v) is 1.72. The molecule has 1 atom stereocenters. The van der Waals surface area contributed by atoms with Crippen molar-refractivity contribution in [3.63, 3.8) is 0 Å². The molecule has 1 aliphatic rings. The molecule has 1 heterocycles. The van der Waals surface area contributed by atoms with E-state index in [2.05, 4.69) is 29.3 Å². The Kier molecular flexibility index (Phi) is 2.78. The molecule has 4 nitrogen and oxygen atoms in total.